The standard InChI is InChI=1S/C18H18FN3O5S/c1-13-16(6-3-7-17(13)22(24)25)18(23)20-8-10-21(11-9-20)28(26,27)15-5-2-4-14(19)12-15/h2-7,12H,8-11H2,1H3. The third-order valence-corrected chi connectivity index (χ3v) is 6.59. The molecule has 1 aliphatic rings. The molecule has 0 radical (unpaired) electrons. The van der Waals surface area contributed by atoms with E-state index >= 15 is 0 Å². The van der Waals surface area contributed by atoms with E-state index in [0.717, 1.165) is 12.1 Å². The Morgan fingerprint density at radius 1 is 1.11 bits per heavy atom. The molecule has 1 amide bonds. The Balaban J connectivity index is 1.75. The fourth-order valence-corrected chi connectivity index (χ4v) is 4.59. The molecule has 0 aliphatic carbocycles. The van der Waals surface area contributed by atoms with Crippen LogP contribution in [0.1, 0.15) is 15.9 Å². The number of carbonyl (C=O) groups is 1. The summed E-state index contributed by atoms with van der Waals surface area (Å²) in [4.78, 5) is 24.6. The molecule has 8 nitrogen and oxygen atoms in total. The molecule has 3 rings (SSSR count). The number of nitro groups is 1. The van der Waals surface area contributed by atoms with Gasteiger partial charge in [-0.1, -0.05) is 12.1 Å². The Morgan fingerprint density at radius 2 is 1.75 bits per heavy atom. The minimum atomic E-state index is -3.86. The Morgan fingerprint density at radius 3 is 2.36 bits per heavy atom. The first kappa shape index (κ1) is 19.9. The molecule has 2 aromatic carbocycles. The molecule has 0 N–H and O–H groups in total. The highest BCUT2D eigenvalue weighted by Gasteiger charge is 2.31. The molecular weight excluding hydrogens is 389 g/mol. The van der Waals surface area contributed by atoms with Crippen LogP contribution >= 0.6 is 0 Å². The molecule has 1 saturated heterocycles. The zero-order chi connectivity index (χ0) is 20.5. The average Bonchev–Trinajstić information content (AvgIpc) is 2.67. The molecule has 0 spiro atoms. The van der Waals surface area contributed by atoms with Gasteiger partial charge in [0.15, 0.2) is 0 Å². The van der Waals surface area contributed by atoms with Crippen LogP contribution in [0.5, 0.6) is 0 Å². The van der Waals surface area contributed by atoms with E-state index < -0.39 is 20.8 Å². The Kier molecular flexibility index (Phi) is 5.43. The predicted octanol–water partition coefficient (Wildman–Crippen LogP) is 2.19. The van der Waals surface area contributed by atoms with Crippen molar-refractivity contribution in [3.63, 3.8) is 0 Å². The highest BCUT2D eigenvalue weighted by Crippen LogP contribution is 2.24. The fourth-order valence-electron chi connectivity index (χ4n) is 3.13. The Hall–Kier alpha value is -2.85. The van der Waals surface area contributed by atoms with Gasteiger partial charge in [-0.2, -0.15) is 4.31 Å². The molecule has 148 valence electrons. The smallest absolute Gasteiger partial charge is 0.273 e. The van der Waals surface area contributed by atoms with Crippen LogP contribution in [0.25, 0.3) is 0 Å². The number of hydrogen-bond acceptors (Lipinski definition) is 5. The number of rotatable bonds is 4. The number of amides is 1. The van der Waals surface area contributed by atoms with Crippen LogP contribution < -0.4 is 0 Å². The van der Waals surface area contributed by atoms with Gasteiger partial charge < -0.3 is 4.90 Å². The van der Waals surface area contributed by atoms with Crippen LogP contribution in [-0.4, -0.2) is 54.6 Å². The zero-order valence-corrected chi connectivity index (χ0v) is 15.9. The Bertz CT molecular complexity index is 1030. The number of benzene rings is 2. The minimum absolute atomic E-state index is 0.0541. The Labute approximate surface area is 161 Å². The van der Waals surface area contributed by atoms with Crippen LogP contribution in [0.15, 0.2) is 47.4 Å². The molecular formula is C18H18FN3O5S. The third kappa shape index (κ3) is 3.73. The summed E-state index contributed by atoms with van der Waals surface area (Å²) in [6.07, 6.45) is 0. The first-order valence-electron chi connectivity index (χ1n) is 8.51. The summed E-state index contributed by atoms with van der Waals surface area (Å²) >= 11 is 0. The van der Waals surface area contributed by atoms with Gasteiger partial charge >= 0.3 is 0 Å². The van der Waals surface area contributed by atoms with E-state index in [9.17, 15) is 27.7 Å². The van der Waals surface area contributed by atoms with Crippen molar-refractivity contribution in [2.45, 2.75) is 11.8 Å². The molecule has 0 unspecified atom stereocenters. The maximum atomic E-state index is 13.4. The second-order valence-electron chi connectivity index (χ2n) is 6.36. The normalized spacial score (nSPS) is 15.4. The summed E-state index contributed by atoms with van der Waals surface area (Å²) in [5.41, 5.74) is 0.348. The van der Waals surface area contributed by atoms with Gasteiger partial charge in [0.25, 0.3) is 11.6 Å². The lowest BCUT2D eigenvalue weighted by Crippen LogP contribution is -2.50. The molecule has 0 atom stereocenters. The van der Waals surface area contributed by atoms with Crippen LogP contribution in [0.4, 0.5) is 10.1 Å². The number of piperazine rings is 1. The topological polar surface area (TPSA) is 101 Å². The molecule has 10 heteroatoms. The molecule has 0 aromatic heterocycles. The highest BCUT2D eigenvalue weighted by atomic mass is 32.2. The number of sulfonamides is 1. The summed E-state index contributed by atoms with van der Waals surface area (Å²) in [5, 5.41) is 11.1. The van der Waals surface area contributed by atoms with Gasteiger partial charge in [-0.05, 0) is 31.2 Å². The van der Waals surface area contributed by atoms with Crippen molar-refractivity contribution in [1.29, 1.82) is 0 Å². The lowest BCUT2D eigenvalue weighted by molar-refractivity contribution is -0.385. The van der Waals surface area contributed by atoms with Gasteiger partial charge in [0, 0.05) is 43.4 Å². The van der Waals surface area contributed by atoms with Crippen molar-refractivity contribution in [3.05, 3.63) is 69.5 Å². The monoisotopic (exact) mass is 407 g/mol. The lowest BCUT2D eigenvalue weighted by Gasteiger charge is -2.34. The number of nitro benzene ring substituents is 1. The summed E-state index contributed by atoms with van der Waals surface area (Å²) < 4.78 is 39.8. The third-order valence-electron chi connectivity index (χ3n) is 4.69. The van der Waals surface area contributed by atoms with Gasteiger partial charge in [0.05, 0.1) is 9.82 Å². The van der Waals surface area contributed by atoms with Crippen molar-refractivity contribution in [2.24, 2.45) is 0 Å². The molecule has 0 bridgehead atoms. The van der Waals surface area contributed by atoms with Gasteiger partial charge in [0.1, 0.15) is 5.82 Å². The van der Waals surface area contributed by atoms with Crippen LogP contribution in [0, 0.1) is 22.9 Å². The van der Waals surface area contributed by atoms with E-state index in [1.54, 1.807) is 0 Å². The van der Waals surface area contributed by atoms with Crippen molar-refractivity contribution in [2.75, 3.05) is 26.2 Å². The van der Waals surface area contributed by atoms with Crippen molar-refractivity contribution < 1.29 is 22.5 Å². The molecule has 2 aromatic rings. The van der Waals surface area contributed by atoms with Crippen molar-refractivity contribution in [1.82, 2.24) is 9.21 Å². The van der Waals surface area contributed by atoms with E-state index in [4.69, 9.17) is 0 Å². The second kappa shape index (κ2) is 7.64. The van der Waals surface area contributed by atoms with E-state index in [2.05, 4.69) is 0 Å². The SMILES string of the molecule is Cc1c(C(=O)N2CCN(S(=O)(=O)c3cccc(F)c3)CC2)cccc1[N+](=O)[O-]. The van der Waals surface area contributed by atoms with Crippen LogP contribution in [0.3, 0.4) is 0 Å². The first-order chi connectivity index (χ1) is 13.2. The van der Waals surface area contributed by atoms with Gasteiger partial charge in [-0.3, -0.25) is 14.9 Å². The maximum absolute atomic E-state index is 13.4. The van der Waals surface area contributed by atoms with E-state index in [0.29, 0.717) is 0 Å². The summed E-state index contributed by atoms with van der Waals surface area (Å²) in [6.45, 7) is 1.89. The molecule has 1 heterocycles. The van der Waals surface area contributed by atoms with E-state index in [1.165, 1.54) is 46.5 Å². The fraction of sp³-hybridized carbons (Fsp3) is 0.278. The molecule has 1 fully saturated rings. The second-order valence-corrected chi connectivity index (χ2v) is 8.30. The predicted molar refractivity (Wildman–Crippen MR) is 98.9 cm³/mol. The maximum Gasteiger partial charge on any atom is 0.273 e. The molecule has 1 aliphatic heterocycles. The van der Waals surface area contributed by atoms with Crippen molar-refractivity contribution >= 4 is 21.6 Å². The van der Waals surface area contributed by atoms with Gasteiger partial charge in [0.2, 0.25) is 10.0 Å². The summed E-state index contributed by atoms with van der Waals surface area (Å²) in [6, 6.07) is 9.06. The summed E-state index contributed by atoms with van der Waals surface area (Å²) in [7, 11) is -3.86. The highest BCUT2D eigenvalue weighted by molar-refractivity contribution is 7.89. The first-order valence-corrected chi connectivity index (χ1v) is 9.95. The minimum Gasteiger partial charge on any atom is -0.336 e. The lowest BCUT2D eigenvalue weighted by atomic mass is 10.1. The van der Waals surface area contributed by atoms with Crippen LogP contribution in [-0.2, 0) is 10.0 Å². The zero-order valence-electron chi connectivity index (χ0n) is 15.0. The van der Waals surface area contributed by atoms with Crippen molar-refractivity contribution in [3.8, 4) is 0 Å². The number of carbonyl (C=O) groups excluding carboxylic acids is 1. The molecule has 28 heavy (non-hydrogen) atoms. The van der Waals surface area contributed by atoms with Crippen LogP contribution in [0.2, 0.25) is 0 Å². The molecule has 0 saturated carbocycles. The number of halogens is 1. The summed E-state index contributed by atoms with van der Waals surface area (Å²) in [5.74, 6) is -1.03. The van der Waals surface area contributed by atoms with E-state index in [1.807, 2.05) is 0 Å². The number of nitrogens with zero attached hydrogens (tertiary/aromatic N) is 3. The average molecular weight is 407 g/mol. The van der Waals surface area contributed by atoms with Gasteiger partial charge in [-0.15, -0.1) is 0 Å². The van der Waals surface area contributed by atoms with Gasteiger partial charge in [-0.25, -0.2) is 12.8 Å². The quantitative estimate of drug-likeness (QED) is 0.571. The van der Waals surface area contributed by atoms with E-state index in [-0.39, 0.29) is 53.8 Å². The number of hydrogen-bond donors (Lipinski definition) is 0. The largest absolute Gasteiger partial charge is 0.336 e.